The molecule has 1 fully saturated rings. The van der Waals surface area contributed by atoms with Crippen molar-refractivity contribution in [1.29, 1.82) is 0 Å². The molecule has 0 spiro atoms. The predicted octanol–water partition coefficient (Wildman–Crippen LogP) is 6.66. The number of aromatic amines is 1. The third-order valence-electron chi connectivity index (χ3n) is 5.35. The predicted molar refractivity (Wildman–Crippen MR) is 104 cm³/mol. The minimum absolute atomic E-state index is 0.234. The first-order valence-electron chi connectivity index (χ1n) is 9.03. The van der Waals surface area contributed by atoms with Gasteiger partial charge in [0.25, 0.3) is 0 Å². The van der Waals surface area contributed by atoms with E-state index in [4.69, 9.17) is 11.6 Å². The Kier molecular flexibility index (Phi) is 3.84. The zero-order valence-electron chi connectivity index (χ0n) is 14.6. The van der Waals surface area contributed by atoms with E-state index in [0.717, 1.165) is 48.0 Å². The van der Waals surface area contributed by atoms with Gasteiger partial charge in [0, 0.05) is 28.2 Å². The van der Waals surface area contributed by atoms with Gasteiger partial charge in [-0.25, -0.2) is 4.98 Å². The van der Waals surface area contributed by atoms with E-state index in [-0.39, 0.29) is 6.04 Å². The molecule has 4 nitrogen and oxygen atoms in total. The summed E-state index contributed by atoms with van der Waals surface area (Å²) in [5, 5.41) is 4.81. The molecule has 2 heterocycles. The van der Waals surface area contributed by atoms with Crippen molar-refractivity contribution in [3.63, 3.8) is 0 Å². The summed E-state index contributed by atoms with van der Waals surface area (Å²) in [6, 6.07) is 9.50. The topological polar surface area (TPSA) is 45.6 Å². The average molecular weight is 405 g/mol. The molecular formula is C20H16ClF3N4. The second-order valence-electron chi connectivity index (χ2n) is 7.11. The first kappa shape index (κ1) is 17.4. The summed E-state index contributed by atoms with van der Waals surface area (Å²) in [5.74, 6) is 0.542. The summed E-state index contributed by atoms with van der Waals surface area (Å²) in [7, 11) is 0. The number of rotatable bonds is 3. The van der Waals surface area contributed by atoms with Crippen LogP contribution in [0.15, 0.2) is 42.6 Å². The second kappa shape index (κ2) is 6.17. The number of anilines is 2. The Bertz CT molecular complexity index is 1190. The molecule has 1 saturated carbocycles. The zero-order valence-corrected chi connectivity index (χ0v) is 15.4. The van der Waals surface area contributed by atoms with E-state index in [1.165, 1.54) is 6.07 Å². The van der Waals surface area contributed by atoms with Crippen LogP contribution in [0.4, 0.5) is 24.8 Å². The molecule has 0 bridgehead atoms. The molecule has 2 aromatic heterocycles. The Labute approximate surface area is 163 Å². The fraction of sp³-hybridized carbons (Fsp3) is 0.250. The van der Waals surface area contributed by atoms with Crippen molar-refractivity contribution in [2.24, 2.45) is 0 Å². The van der Waals surface area contributed by atoms with E-state index < -0.39 is 11.7 Å². The molecule has 0 unspecified atom stereocenters. The number of imidazole rings is 1. The summed E-state index contributed by atoms with van der Waals surface area (Å²) in [6.45, 7) is 0. The SMILES string of the molecule is FC(F)(F)c1ccc2c(c1)nc(Nc1c[nH]c3ccc(Cl)cc13)n2C1CCC1. The zero-order chi connectivity index (χ0) is 19.5. The van der Waals surface area contributed by atoms with Crippen molar-refractivity contribution in [3.05, 3.63) is 53.2 Å². The lowest BCUT2D eigenvalue weighted by Crippen LogP contribution is -2.18. The summed E-state index contributed by atoms with van der Waals surface area (Å²) >= 11 is 6.12. The third-order valence-corrected chi connectivity index (χ3v) is 5.58. The Morgan fingerprint density at radius 3 is 2.68 bits per heavy atom. The van der Waals surface area contributed by atoms with Gasteiger partial charge >= 0.3 is 6.18 Å². The van der Waals surface area contributed by atoms with Crippen LogP contribution in [0, 0.1) is 0 Å². The Morgan fingerprint density at radius 2 is 1.96 bits per heavy atom. The number of hydrogen-bond donors (Lipinski definition) is 2. The minimum atomic E-state index is -4.39. The number of nitrogens with one attached hydrogen (secondary N) is 2. The summed E-state index contributed by atoms with van der Waals surface area (Å²) in [5.41, 5.74) is 2.05. The van der Waals surface area contributed by atoms with E-state index >= 15 is 0 Å². The van der Waals surface area contributed by atoms with Gasteiger partial charge in [-0.15, -0.1) is 0 Å². The lowest BCUT2D eigenvalue weighted by atomic mass is 9.92. The van der Waals surface area contributed by atoms with E-state index in [9.17, 15) is 13.2 Å². The number of halogens is 4. The van der Waals surface area contributed by atoms with Gasteiger partial charge in [0.15, 0.2) is 0 Å². The molecule has 0 saturated heterocycles. The van der Waals surface area contributed by atoms with Gasteiger partial charge in [-0.3, -0.25) is 0 Å². The van der Waals surface area contributed by atoms with Crippen molar-refractivity contribution in [2.75, 3.05) is 5.32 Å². The van der Waals surface area contributed by atoms with Crippen LogP contribution in [0.2, 0.25) is 5.02 Å². The number of nitrogens with zero attached hydrogens (tertiary/aromatic N) is 2. The smallest absolute Gasteiger partial charge is 0.359 e. The summed E-state index contributed by atoms with van der Waals surface area (Å²) in [4.78, 5) is 7.67. The molecule has 4 aromatic rings. The average Bonchev–Trinajstić information content (AvgIpc) is 3.14. The van der Waals surface area contributed by atoms with Gasteiger partial charge in [0.05, 0.1) is 22.3 Å². The standard InChI is InChI=1S/C20H16ClF3N4/c21-12-5-6-15-14(9-12)17(10-25-15)27-19-26-16-8-11(20(22,23)24)4-7-18(16)28(19)13-2-1-3-13/h4-10,13,25H,1-3H2,(H,26,27). The molecule has 0 radical (unpaired) electrons. The van der Waals surface area contributed by atoms with Crippen LogP contribution in [0.1, 0.15) is 30.9 Å². The lowest BCUT2D eigenvalue weighted by Gasteiger charge is -2.29. The molecule has 2 aromatic carbocycles. The van der Waals surface area contributed by atoms with Crippen molar-refractivity contribution in [1.82, 2.24) is 14.5 Å². The highest BCUT2D eigenvalue weighted by atomic mass is 35.5. The molecule has 0 aliphatic heterocycles. The number of hydrogen-bond acceptors (Lipinski definition) is 2. The van der Waals surface area contributed by atoms with Crippen LogP contribution in [0.5, 0.6) is 0 Å². The minimum Gasteiger partial charge on any atom is -0.359 e. The van der Waals surface area contributed by atoms with E-state index in [1.54, 1.807) is 6.07 Å². The van der Waals surface area contributed by atoms with Gasteiger partial charge in [0.1, 0.15) is 0 Å². The maximum atomic E-state index is 13.1. The number of aromatic nitrogens is 3. The van der Waals surface area contributed by atoms with E-state index in [2.05, 4.69) is 15.3 Å². The van der Waals surface area contributed by atoms with E-state index in [1.807, 2.05) is 22.9 Å². The van der Waals surface area contributed by atoms with Crippen LogP contribution in [-0.2, 0) is 6.18 Å². The fourth-order valence-corrected chi connectivity index (χ4v) is 3.87. The van der Waals surface area contributed by atoms with E-state index in [0.29, 0.717) is 22.0 Å². The largest absolute Gasteiger partial charge is 0.416 e. The van der Waals surface area contributed by atoms with Crippen molar-refractivity contribution >= 4 is 45.2 Å². The monoisotopic (exact) mass is 404 g/mol. The second-order valence-corrected chi connectivity index (χ2v) is 7.55. The van der Waals surface area contributed by atoms with Gasteiger partial charge in [-0.2, -0.15) is 13.2 Å². The van der Waals surface area contributed by atoms with Crippen LogP contribution in [-0.4, -0.2) is 14.5 Å². The van der Waals surface area contributed by atoms with Gasteiger partial charge in [-0.05, 0) is 55.7 Å². The van der Waals surface area contributed by atoms with Crippen LogP contribution in [0.25, 0.3) is 21.9 Å². The molecule has 1 aliphatic carbocycles. The third kappa shape index (κ3) is 2.81. The van der Waals surface area contributed by atoms with Gasteiger partial charge in [-0.1, -0.05) is 11.6 Å². The van der Waals surface area contributed by atoms with Crippen LogP contribution >= 0.6 is 11.6 Å². The molecule has 0 amide bonds. The highest BCUT2D eigenvalue weighted by Crippen LogP contribution is 2.40. The number of alkyl halides is 3. The quantitative estimate of drug-likeness (QED) is 0.401. The molecule has 144 valence electrons. The molecule has 5 rings (SSSR count). The van der Waals surface area contributed by atoms with Crippen molar-refractivity contribution in [2.45, 2.75) is 31.5 Å². The van der Waals surface area contributed by atoms with Gasteiger partial charge < -0.3 is 14.9 Å². The van der Waals surface area contributed by atoms with Crippen LogP contribution in [0.3, 0.4) is 0 Å². The Hall–Kier alpha value is -2.67. The van der Waals surface area contributed by atoms with Crippen molar-refractivity contribution in [3.8, 4) is 0 Å². The molecule has 1 aliphatic rings. The maximum absolute atomic E-state index is 13.1. The molecule has 8 heteroatoms. The molecule has 28 heavy (non-hydrogen) atoms. The molecule has 0 atom stereocenters. The maximum Gasteiger partial charge on any atom is 0.416 e. The first-order chi connectivity index (χ1) is 13.4. The highest BCUT2D eigenvalue weighted by Gasteiger charge is 2.32. The molecular weight excluding hydrogens is 389 g/mol. The number of benzene rings is 2. The Morgan fingerprint density at radius 1 is 1.14 bits per heavy atom. The normalized spacial score (nSPS) is 15.3. The summed E-state index contributed by atoms with van der Waals surface area (Å²) in [6.07, 6.45) is 0.497. The fourth-order valence-electron chi connectivity index (χ4n) is 3.69. The van der Waals surface area contributed by atoms with Crippen molar-refractivity contribution < 1.29 is 13.2 Å². The number of H-pyrrole nitrogens is 1. The van der Waals surface area contributed by atoms with Crippen LogP contribution < -0.4 is 5.32 Å². The number of fused-ring (bicyclic) bond motifs is 2. The molecule has 2 N–H and O–H groups in total. The highest BCUT2D eigenvalue weighted by molar-refractivity contribution is 6.31. The van der Waals surface area contributed by atoms with Gasteiger partial charge in [0.2, 0.25) is 5.95 Å². The first-order valence-corrected chi connectivity index (χ1v) is 9.41. The lowest BCUT2D eigenvalue weighted by molar-refractivity contribution is -0.137. The summed E-state index contributed by atoms with van der Waals surface area (Å²) < 4.78 is 41.3. The Balaban J connectivity index is 1.63.